The molecule has 0 amide bonds. The predicted molar refractivity (Wildman–Crippen MR) is 53.2 cm³/mol. The molecule has 0 aromatic rings. The zero-order valence-electron chi connectivity index (χ0n) is 9.51. The van der Waals surface area contributed by atoms with E-state index < -0.39 is 0 Å². The summed E-state index contributed by atoms with van der Waals surface area (Å²) in [7, 11) is 3.42. The second-order valence-electron chi connectivity index (χ2n) is 3.26. The summed E-state index contributed by atoms with van der Waals surface area (Å²) in [5.74, 6) is 0. The van der Waals surface area contributed by atoms with E-state index in [1.165, 1.54) is 0 Å². The average molecular weight is 428 g/mol. The van der Waals surface area contributed by atoms with Crippen molar-refractivity contribution in [1.82, 2.24) is 5.01 Å². The summed E-state index contributed by atoms with van der Waals surface area (Å²) < 4.78 is 5.32. The fourth-order valence-corrected chi connectivity index (χ4v) is 0.957. The first-order valence-corrected chi connectivity index (χ1v) is 4.98. The van der Waals surface area contributed by atoms with Crippen molar-refractivity contribution in [2.75, 3.05) is 33.9 Å². The van der Waals surface area contributed by atoms with Crippen LogP contribution in [0, 0.1) is 36.3 Å². The van der Waals surface area contributed by atoms with Gasteiger partial charge in [0.2, 0.25) is 0 Å². The molecule has 0 spiro atoms. The Labute approximate surface area is 111 Å². The van der Waals surface area contributed by atoms with Crippen LogP contribution in [0.3, 0.4) is 0 Å². The number of nitrogens with zero attached hydrogens (tertiary/aromatic N) is 1. The van der Waals surface area contributed by atoms with Crippen LogP contribution in [0.4, 0.5) is 0 Å². The molecule has 0 radical (unpaired) electrons. The molecule has 0 aliphatic rings. The quantitative estimate of drug-likeness (QED) is 0.439. The van der Waals surface area contributed by atoms with Gasteiger partial charge in [0, 0.05) is 26.8 Å². The molecule has 0 aliphatic carbocycles. The molecule has 5 heteroatoms. The Morgan fingerprint density at radius 2 is 1.93 bits per heavy atom. The summed E-state index contributed by atoms with van der Waals surface area (Å²) in [6.45, 7) is 4.61. The van der Waals surface area contributed by atoms with Crippen LogP contribution in [-0.4, -0.2) is 38.9 Å². The first kappa shape index (κ1) is 17.3. The van der Waals surface area contributed by atoms with E-state index in [1.807, 2.05) is 7.05 Å². The molecule has 1 unspecified atom stereocenters. The van der Waals surface area contributed by atoms with Gasteiger partial charge in [0.05, 0.1) is 7.05 Å². The monoisotopic (exact) mass is 428 g/mol. The van der Waals surface area contributed by atoms with E-state index in [0.717, 1.165) is 39.0 Å². The Kier molecular flexibility index (Phi) is 14.8. The molecule has 1 N–H and O–H groups in total. The molecule has 0 aromatic carbocycles. The van der Waals surface area contributed by atoms with E-state index >= 15 is 0 Å². The van der Waals surface area contributed by atoms with Crippen molar-refractivity contribution < 1.29 is 41.0 Å². The van der Waals surface area contributed by atoms with Gasteiger partial charge < -0.3 is 9.94 Å². The standard InChI is InChI=1S/C9H22N2O2.U/c1-4-8-13-9-6-5-7-10(2)11(3)12;/h11H,4-9H2,1-3H3;/q;+2. The van der Waals surface area contributed by atoms with E-state index in [4.69, 9.17) is 4.74 Å². The Morgan fingerprint density at radius 3 is 2.43 bits per heavy atom. The van der Waals surface area contributed by atoms with Gasteiger partial charge in [-0.15, -0.1) is 0 Å². The first-order chi connectivity index (χ1) is 6.18. The maximum absolute atomic E-state index is 10.8. The fourth-order valence-electron chi connectivity index (χ4n) is 0.957. The molecule has 0 saturated heterocycles. The van der Waals surface area contributed by atoms with Crippen molar-refractivity contribution in [2.45, 2.75) is 26.2 Å². The molecule has 82 valence electrons. The molecular formula is C9H22N2O2U+2. The molecule has 0 heterocycles. The molecule has 0 fully saturated rings. The van der Waals surface area contributed by atoms with E-state index in [0.29, 0.717) is 0 Å². The minimum atomic E-state index is 0. The van der Waals surface area contributed by atoms with E-state index in [9.17, 15) is 5.21 Å². The van der Waals surface area contributed by atoms with Gasteiger partial charge in [-0.05, 0) is 19.3 Å². The van der Waals surface area contributed by atoms with Crippen LogP contribution in [0.25, 0.3) is 0 Å². The van der Waals surface area contributed by atoms with E-state index in [2.05, 4.69) is 6.92 Å². The molecule has 4 nitrogen and oxygen atoms in total. The fraction of sp³-hybridized carbons (Fsp3) is 1.00. The third-order valence-corrected chi connectivity index (χ3v) is 1.92. The van der Waals surface area contributed by atoms with Gasteiger partial charge in [-0.3, -0.25) is 5.17 Å². The van der Waals surface area contributed by atoms with Crippen LogP contribution in [0.5, 0.6) is 0 Å². The minimum Gasteiger partial charge on any atom is -0.613 e. The summed E-state index contributed by atoms with van der Waals surface area (Å²) >= 11 is 0. The van der Waals surface area contributed by atoms with Crippen LogP contribution < -0.4 is 5.17 Å². The second-order valence-corrected chi connectivity index (χ2v) is 3.26. The van der Waals surface area contributed by atoms with Crippen molar-refractivity contribution in [3.8, 4) is 0 Å². The van der Waals surface area contributed by atoms with E-state index in [1.54, 1.807) is 12.1 Å². The van der Waals surface area contributed by atoms with Gasteiger partial charge in [0.15, 0.2) is 0 Å². The molecule has 0 saturated carbocycles. The van der Waals surface area contributed by atoms with Crippen LogP contribution in [0.15, 0.2) is 0 Å². The SMILES string of the molecule is CCCOCCCCN(C)[NH+](C)[O-].[U+2]. The number of ether oxygens (including phenoxy) is 1. The van der Waals surface area contributed by atoms with Gasteiger partial charge in [-0.1, -0.05) is 6.92 Å². The number of quaternary nitrogens is 1. The largest absolute Gasteiger partial charge is 2.00 e. The summed E-state index contributed by atoms with van der Waals surface area (Å²) in [5, 5.41) is 12.7. The second kappa shape index (κ2) is 12.0. The van der Waals surface area contributed by atoms with Gasteiger partial charge in [0.1, 0.15) is 0 Å². The number of hydrogen-bond acceptors (Lipinski definition) is 3. The summed E-state index contributed by atoms with van der Waals surface area (Å²) in [4.78, 5) is 0. The third-order valence-electron chi connectivity index (χ3n) is 1.92. The van der Waals surface area contributed by atoms with Crippen molar-refractivity contribution in [3.63, 3.8) is 0 Å². The molecule has 0 bridgehead atoms. The number of rotatable bonds is 8. The Hall–Kier alpha value is 0.892. The Balaban J connectivity index is 0. The third kappa shape index (κ3) is 11.0. The first-order valence-electron chi connectivity index (χ1n) is 4.98. The van der Waals surface area contributed by atoms with Gasteiger partial charge in [-0.25, -0.2) is 0 Å². The average Bonchev–Trinajstić information content (AvgIpc) is 2.10. The summed E-state index contributed by atoms with van der Waals surface area (Å²) in [6.07, 6.45) is 3.14. The van der Waals surface area contributed by atoms with Crippen LogP contribution in [0.2, 0.25) is 0 Å². The summed E-state index contributed by atoms with van der Waals surface area (Å²) in [6, 6.07) is 0. The number of nitrogens with one attached hydrogen (secondary N) is 1. The topological polar surface area (TPSA) is 40.0 Å². The molecule has 0 aliphatic heterocycles. The smallest absolute Gasteiger partial charge is 0.613 e. The summed E-state index contributed by atoms with van der Waals surface area (Å²) in [5.41, 5.74) is 0. The maximum Gasteiger partial charge on any atom is 2.00 e. The van der Waals surface area contributed by atoms with Gasteiger partial charge in [0.25, 0.3) is 0 Å². The minimum absolute atomic E-state index is 0. The zero-order valence-corrected chi connectivity index (χ0v) is 13.7. The van der Waals surface area contributed by atoms with Crippen LogP contribution in [-0.2, 0) is 4.74 Å². The Bertz CT molecular complexity index is 115. The Morgan fingerprint density at radius 1 is 1.29 bits per heavy atom. The van der Waals surface area contributed by atoms with Crippen molar-refractivity contribution in [2.24, 2.45) is 0 Å². The van der Waals surface area contributed by atoms with Gasteiger partial charge >= 0.3 is 31.1 Å². The van der Waals surface area contributed by atoms with Crippen molar-refractivity contribution in [3.05, 3.63) is 5.21 Å². The molecule has 1 atom stereocenters. The van der Waals surface area contributed by atoms with Crippen molar-refractivity contribution in [1.29, 1.82) is 0 Å². The van der Waals surface area contributed by atoms with Gasteiger partial charge in [-0.2, -0.15) is 5.01 Å². The number of hydroxylamine groups is 1. The molecule has 0 rings (SSSR count). The number of unbranched alkanes of at least 4 members (excludes halogenated alkanes) is 1. The molecular weight excluding hydrogens is 406 g/mol. The van der Waals surface area contributed by atoms with E-state index in [-0.39, 0.29) is 36.3 Å². The molecule has 0 aromatic heterocycles. The normalized spacial score (nSPS) is 12.6. The van der Waals surface area contributed by atoms with Crippen molar-refractivity contribution >= 4 is 0 Å². The number of hydrogen-bond donors (Lipinski definition) is 1. The maximum atomic E-state index is 10.8. The van der Waals surface area contributed by atoms with Crippen LogP contribution >= 0.6 is 0 Å². The molecule has 14 heavy (non-hydrogen) atoms. The zero-order chi connectivity index (χ0) is 10.1. The van der Waals surface area contributed by atoms with Crippen LogP contribution in [0.1, 0.15) is 26.2 Å². The predicted octanol–water partition coefficient (Wildman–Crippen LogP) is 0.0525.